The van der Waals surface area contributed by atoms with Crippen molar-refractivity contribution in [2.75, 3.05) is 25.5 Å². The molecule has 2 aromatic rings. The number of nitrogens with zero attached hydrogens (tertiary/aromatic N) is 3. The predicted molar refractivity (Wildman–Crippen MR) is 127 cm³/mol. The first-order valence-electron chi connectivity index (χ1n) is 12.4. The highest BCUT2D eigenvalue weighted by atomic mass is 19.4. The molecule has 2 aliphatic rings. The lowest BCUT2D eigenvalue weighted by Crippen LogP contribution is -2.43. The Morgan fingerprint density at radius 1 is 1.08 bits per heavy atom. The zero-order chi connectivity index (χ0) is 28.4. The Hall–Kier alpha value is -3.29. The molecule has 39 heavy (non-hydrogen) atoms. The van der Waals surface area contributed by atoms with Crippen LogP contribution < -0.4 is 11.3 Å². The first-order chi connectivity index (χ1) is 18.3. The van der Waals surface area contributed by atoms with Gasteiger partial charge in [-0.1, -0.05) is 30.3 Å². The van der Waals surface area contributed by atoms with Crippen LogP contribution in [0.1, 0.15) is 48.5 Å². The summed E-state index contributed by atoms with van der Waals surface area (Å²) in [6, 6.07) is 7.33. The van der Waals surface area contributed by atoms with Crippen LogP contribution in [0, 0.1) is 5.92 Å². The molecular weight excluding hydrogens is 534 g/mol. The number of carbonyl (C=O) groups excluding carboxylic acids is 1. The number of hydrogen-bond donors (Lipinski definition) is 1. The molecule has 0 radical (unpaired) electrons. The van der Waals surface area contributed by atoms with Crippen LogP contribution in [-0.4, -0.2) is 58.8 Å². The molecule has 1 aromatic heterocycles. The summed E-state index contributed by atoms with van der Waals surface area (Å²) in [5.41, 5.74) is 6.53. The Labute approximate surface area is 219 Å². The van der Waals surface area contributed by atoms with Gasteiger partial charge in [0.2, 0.25) is 5.95 Å². The van der Waals surface area contributed by atoms with Crippen LogP contribution >= 0.6 is 0 Å². The molecule has 2 heterocycles. The van der Waals surface area contributed by atoms with E-state index in [2.05, 4.69) is 4.98 Å². The molecule has 1 saturated carbocycles. The second-order valence-electron chi connectivity index (χ2n) is 9.70. The Bertz CT molecular complexity index is 1210. The van der Waals surface area contributed by atoms with Gasteiger partial charge in [0.25, 0.3) is 5.56 Å². The molecule has 214 valence electrons. The van der Waals surface area contributed by atoms with Crippen molar-refractivity contribution in [2.24, 2.45) is 5.92 Å². The van der Waals surface area contributed by atoms with Crippen molar-refractivity contribution in [3.63, 3.8) is 0 Å². The van der Waals surface area contributed by atoms with Crippen molar-refractivity contribution >= 4 is 12.0 Å². The number of nitrogens with two attached hydrogens (primary N) is 1. The van der Waals surface area contributed by atoms with Gasteiger partial charge in [0.1, 0.15) is 12.7 Å². The molecule has 1 amide bonds. The molecule has 8 nitrogen and oxygen atoms in total. The van der Waals surface area contributed by atoms with Crippen molar-refractivity contribution < 1.29 is 40.6 Å². The summed E-state index contributed by atoms with van der Waals surface area (Å²) in [5.74, 6) is -1.66. The second-order valence-corrected chi connectivity index (χ2v) is 9.70. The van der Waals surface area contributed by atoms with Crippen LogP contribution in [0.25, 0.3) is 0 Å². The van der Waals surface area contributed by atoms with E-state index in [9.17, 15) is 35.9 Å². The maximum atomic E-state index is 13.5. The molecule has 1 aliphatic carbocycles. The van der Waals surface area contributed by atoms with Gasteiger partial charge in [0.05, 0.1) is 30.8 Å². The minimum Gasteiger partial charge on any atom is -0.446 e. The number of halogens is 6. The fraction of sp³-hybridized carbons (Fsp3) is 0.560. The first-order valence-corrected chi connectivity index (χ1v) is 12.4. The van der Waals surface area contributed by atoms with Gasteiger partial charge in [-0.25, -0.2) is 9.78 Å². The number of alkyl halides is 6. The number of aromatic nitrogens is 2. The van der Waals surface area contributed by atoms with E-state index in [-0.39, 0.29) is 62.4 Å². The normalized spacial score (nSPS) is 20.8. The molecule has 1 aromatic carbocycles. The van der Waals surface area contributed by atoms with Crippen molar-refractivity contribution in [1.82, 2.24) is 14.5 Å². The smallest absolute Gasteiger partial charge is 0.411 e. The third kappa shape index (κ3) is 7.02. The van der Waals surface area contributed by atoms with E-state index < -0.39 is 55.3 Å². The SMILES string of the molecule is Nc1nc2c(c(=O)n1C(COCC(F)(F)F)c1ccccc1)CCN(C(=O)O[C@H]1CC[C@H](C(F)(F)F)CC1)C2. The van der Waals surface area contributed by atoms with Gasteiger partial charge in [0, 0.05) is 12.1 Å². The lowest BCUT2D eigenvalue weighted by molar-refractivity contribution is -0.186. The zero-order valence-corrected chi connectivity index (χ0v) is 20.8. The van der Waals surface area contributed by atoms with Crippen molar-refractivity contribution in [3.05, 3.63) is 57.5 Å². The largest absolute Gasteiger partial charge is 0.446 e. The lowest BCUT2D eigenvalue weighted by atomic mass is 9.87. The van der Waals surface area contributed by atoms with E-state index in [1.807, 2.05) is 0 Å². The fourth-order valence-electron chi connectivity index (χ4n) is 4.98. The van der Waals surface area contributed by atoms with Gasteiger partial charge in [-0.2, -0.15) is 26.3 Å². The second kappa shape index (κ2) is 11.4. The molecule has 2 N–H and O–H groups in total. The van der Waals surface area contributed by atoms with Gasteiger partial charge in [0.15, 0.2) is 0 Å². The van der Waals surface area contributed by atoms with Gasteiger partial charge >= 0.3 is 18.4 Å². The number of rotatable bonds is 6. The molecule has 1 unspecified atom stereocenters. The van der Waals surface area contributed by atoms with Crippen molar-refractivity contribution in [3.8, 4) is 0 Å². The molecule has 1 fully saturated rings. The Morgan fingerprint density at radius 2 is 1.74 bits per heavy atom. The van der Waals surface area contributed by atoms with Crippen LogP contribution in [0.15, 0.2) is 35.1 Å². The van der Waals surface area contributed by atoms with E-state index >= 15 is 0 Å². The van der Waals surface area contributed by atoms with Crippen LogP contribution in [0.2, 0.25) is 0 Å². The molecule has 14 heteroatoms. The van der Waals surface area contributed by atoms with Crippen molar-refractivity contribution in [1.29, 1.82) is 0 Å². The number of carbonyl (C=O) groups is 1. The van der Waals surface area contributed by atoms with Gasteiger partial charge < -0.3 is 20.1 Å². The average molecular weight is 563 g/mol. The van der Waals surface area contributed by atoms with Crippen LogP contribution in [0.5, 0.6) is 0 Å². The molecule has 0 saturated heterocycles. The van der Waals surface area contributed by atoms with Crippen LogP contribution in [0.3, 0.4) is 0 Å². The number of amides is 1. The first kappa shape index (κ1) is 28.7. The Balaban J connectivity index is 1.48. The number of fused-ring (bicyclic) bond motifs is 1. The maximum Gasteiger partial charge on any atom is 0.411 e. The zero-order valence-electron chi connectivity index (χ0n) is 20.8. The quantitative estimate of drug-likeness (QED) is 0.517. The number of ether oxygens (including phenoxy) is 2. The fourth-order valence-corrected chi connectivity index (χ4v) is 4.98. The predicted octanol–water partition coefficient (Wildman–Crippen LogP) is 4.61. The molecule has 4 rings (SSSR count). The van der Waals surface area contributed by atoms with E-state index in [0.29, 0.717) is 5.56 Å². The lowest BCUT2D eigenvalue weighted by Gasteiger charge is -2.33. The van der Waals surface area contributed by atoms with Gasteiger partial charge in [-0.05, 0) is 37.7 Å². The van der Waals surface area contributed by atoms with E-state index in [0.717, 1.165) is 4.57 Å². The Morgan fingerprint density at radius 3 is 2.36 bits per heavy atom. The topological polar surface area (TPSA) is 99.7 Å². The van der Waals surface area contributed by atoms with Gasteiger partial charge in [-0.3, -0.25) is 9.36 Å². The monoisotopic (exact) mass is 562 g/mol. The molecule has 0 bridgehead atoms. The third-order valence-corrected chi connectivity index (χ3v) is 6.99. The maximum absolute atomic E-state index is 13.5. The van der Waals surface area contributed by atoms with E-state index in [4.69, 9.17) is 15.2 Å². The highest BCUT2D eigenvalue weighted by Crippen LogP contribution is 2.38. The number of nitrogen functional groups attached to an aromatic ring is 1. The summed E-state index contributed by atoms with van der Waals surface area (Å²) in [7, 11) is 0. The minimum absolute atomic E-state index is 0.0856. The third-order valence-electron chi connectivity index (χ3n) is 6.99. The van der Waals surface area contributed by atoms with Crippen LogP contribution in [-0.2, 0) is 22.4 Å². The summed E-state index contributed by atoms with van der Waals surface area (Å²) in [6.07, 6.45) is -10.1. The summed E-state index contributed by atoms with van der Waals surface area (Å²) < 4.78 is 88.2. The standard InChI is InChI=1S/C25H28F6N4O4/c26-24(27,28)14-38-13-20(15-4-2-1-3-5-15)35-21(36)18-10-11-34(12-19(18)33-22(35)32)23(37)39-17-8-6-16(7-9-17)25(29,30)31/h1-5,16-17,20H,6-14H2,(H2,32,33)/t16-,17-,20?. The highest BCUT2D eigenvalue weighted by Gasteiger charge is 2.42. The minimum atomic E-state index is -4.55. The average Bonchev–Trinajstić information content (AvgIpc) is 2.87. The van der Waals surface area contributed by atoms with Crippen LogP contribution in [0.4, 0.5) is 37.1 Å². The molecular formula is C25H28F6N4O4. The van der Waals surface area contributed by atoms with Gasteiger partial charge in [-0.15, -0.1) is 0 Å². The Kier molecular flexibility index (Phi) is 8.42. The number of anilines is 1. The summed E-state index contributed by atoms with van der Waals surface area (Å²) in [5, 5.41) is 0. The molecule has 1 atom stereocenters. The summed E-state index contributed by atoms with van der Waals surface area (Å²) in [6.45, 7) is -2.00. The highest BCUT2D eigenvalue weighted by molar-refractivity contribution is 5.68. The number of benzene rings is 1. The molecule has 0 spiro atoms. The van der Waals surface area contributed by atoms with E-state index in [1.165, 1.54) is 4.90 Å². The number of hydrogen-bond acceptors (Lipinski definition) is 6. The summed E-state index contributed by atoms with van der Waals surface area (Å²) in [4.78, 5) is 31.8. The van der Waals surface area contributed by atoms with Crippen molar-refractivity contribution in [2.45, 2.75) is 63.1 Å². The molecule has 1 aliphatic heterocycles. The van der Waals surface area contributed by atoms with E-state index in [1.54, 1.807) is 30.3 Å². The summed E-state index contributed by atoms with van der Waals surface area (Å²) >= 11 is 0.